The zero-order valence-electron chi connectivity index (χ0n) is 13.6. The fourth-order valence-corrected chi connectivity index (χ4v) is 2.79. The van der Waals surface area contributed by atoms with Gasteiger partial charge in [0.2, 0.25) is 0 Å². The van der Waals surface area contributed by atoms with Crippen molar-refractivity contribution in [1.29, 1.82) is 0 Å². The quantitative estimate of drug-likeness (QED) is 0.718. The molecule has 122 valence electrons. The second-order valence-electron chi connectivity index (χ2n) is 5.61. The lowest BCUT2D eigenvalue weighted by Crippen LogP contribution is -2.46. The fraction of sp³-hybridized carbons (Fsp3) is 0.588. The largest absolute Gasteiger partial charge is 0.496 e. The molecule has 5 heteroatoms. The third-order valence-corrected chi connectivity index (χ3v) is 4.13. The van der Waals surface area contributed by atoms with E-state index in [1.807, 2.05) is 12.1 Å². The smallest absolute Gasteiger partial charge is 0.305 e. The third-order valence-electron chi connectivity index (χ3n) is 4.13. The number of esters is 1. The maximum Gasteiger partial charge on any atom is 0.305 e. The van der Waals surface area contributed by atoms with E-state index in [1.54, 1.807) is 7.11 Å². The molecule has 1 aromatic rings. The molecular formula is C17H26N2O3. The number of benzene rings is 1. The summed E-state index contributed by atoms with van der Waals surface area (Å²) in [6.07, 6.45) is 1.39. The molecule has 1 saturated heterocycles. The van der Waals surface area contributed by atoms with E-state index >= 15 is 0 Å². The lowest BCUT2D eigenvalue weighted by atomic mass is 10.1. The Morgan fingerprint density at radius 2 is 1.77 bits per heavy atom. The van der Waals surface area contributed by atoms with Gasteiger partial charge in [0.1, 0.15) is 5.75 Å². The van der Waals surface area contributed by atoms with Crippen molar-refractivity contribution in [1.82, 2.24) is 9.80 Å². The second-order valence-corrected chi connectivity index (χ2v) is 5.61. The van der Waals surface area contributed by atoms with Crippen molar-refractivity contribution < 1.29 is 14.3 Å². The van der Waals surface area contributed by atoms with Crippen LogP contribution in [0, 0.1) is 0 Å². The minimum atomic E-state index is -0.116. The molecule has 0 bridgehead atoms. The topological polar surface area (TPSA) is 42.0 Å². The van der Waals surface area contributed by atoms with Gasteiger partial charge in [0.05, 0.1) is 14.2 Å². The maximum absolute atomic E-state index is 11.1. The number of carbonyl (C=O) groups excluding carboxylic acids is 1. The van der Waals surface area contributed by atoms with Crippen molar-refractivity contribution >= 4 is 5.97 Å². The third kappa shape index (κ3) is 5.00. The van der Waals surface area contributed by atoms with Crippen molar-refractivity contribution in [3.63, 3.8) is 0 Å². The summed E-state index contributed by atoms with van der Waals surface area (Å²) in [7, 11) is 3.16. The summed E-state index contributed by atoms with van der Waals surface area (Å²) < 4.78 is 10.1. The molecule has 0 aliphatic carbocycles. The first-order valence-electron chi connectivity index (χ1n) is 7.86. The van der Waals surface area contributed by atoms with Gasteiger partial charge in [-0.15, -0.1) is 0 Å². The molecule has 0 atom stereocenters. The Kier molecular flexibility index (Phi) is 6.68. The van der Waals surface area contributed by atoms with Crippen LogP contribution in [0.3, 0.4) is 0 Å². The zero-order valence-corrected chi connectivity index (χ0v) is 13.6. The minimum Gasteiger partial charge on any atom is -0.496 e. The van der Waals surface area contributed by atoms with Gasteiger partial charge in [-0.3, -0.25) is 9.69 Å². The van der Waals surface area contributed by atoms with Crippen LogP contribution < -0.4 is 4.74 Å². The van der Waals surface area contributed by atoms with Crippen LogP contribution in [0.1, 0.15) is 18.4 Å². The molecule has 0 N–H and O–H groups in total. The summed E-state index contributed by atoms with van der Waals surface area (Å²) in [5.74, 6) is 0.845. The normalized spacial score (nSPS) is 16.5. The predicted molar refractivity (Wildman–Crippen MR) is 86.0 cm³/mol. The molecule has 0 spiro atoms. The molecule has 1 aliphatic heterocycles. The summed E-state index contributed by atoms with van der Waals surface area (Å²) in [6.45, 7) is 6.11. The van der Waals surface area contributed by atoms with Gasteiger partial charge < -0.3 is 14.4 Å². The van der Waals surface area contributed by atoms with Crippen molar-refractivity contribution in [2.45, 2.75) is 19.4 Å². The Balaban J connectivity index is 1.72. The van der Waals surface area contributed by atoms with Crippen LogP contribution in [0.4, 0.5) is 0 Å². The van der Waals surface area contributed by atoms with Crippen molar-refractivity contribution in [3.05, 3.63) is 29.8 Å². The van der Waals surface area contributed by atoms with Gasteiger partial charge in [-0.05, 0) is 19.0 Å². The summed E-state index contributed by atoms with van der Waals surface area (Å²) in [5, 5.41) is 0. The van der Waals surface area contributed by atoms with Gasteiger partial charge in [0.15, 0.2) is 0 Å². The van der Waals surface area contributed by atoms with Crippen LogP contribution in [-0.2, 0) is 16.1 Å². The van der Waals surface area contributed by atoms with Gasteiger partial charge in [-0.2, -0.15) is 0 Å². The molecule has 1 aliphatic rings. The van der Waals surface area contributed by atoms with E-state index in [0.29, 0.717) is 6.42 Å². The molecule has 1 heterocycles. The molecule has 2 rings (SSSR count). The number of rotatable bonds is 7. The second kappa shape index (κ2) is 8.76. The molecule has 0 unspecified atom stereocenters. The molecule has 0 radical (unpaired) electrons. The highest BCUT2D eigenvalue weighted by Gasteiger charge is 2.18. The van der Waals surface area contributed by atoms with Crippen molar-refractivity contribution in [3.8, 4) is 5.75 Å². The highest BCUT2D eigenvalue weighted by molar-refractivity contribution is 5.69. The van der Waals surface area contributed by atoms with E-state index in [9.17, 15) is 4.79 Å². The Hall–Kier alpha value is -1.59. The van der Waals surface area contributed by atoms with Crippen LogP contribution >= 0.6 is 0 Å². The van der Waals surface area contributed by atoms with Crippen molar-refractivity contribution in [2.24, 2.45) is 0 Å². The Morgan fingerprint density at radius 3 is 2.45 bits per heavy atom. The van der Waals surface area contributed by atoms with E-state index in [-0.39, 0.29) is 5.97 Å². The lowest BCUT2D eigenvalue weighted by Gasteiger charge is -2.34. The fourth-order valence-electron chi connectivity index (χ4n) is 2.79. The van der Waals surface area contributed by atoms with Crippen LogP contribution in [0.5, 0.6) is 5.75 Å². The zero-order chi connectivity index (χ0) is 15.8. The van der Waals surface area contributed by atoms with Crippen LogP contribution in [0.15, 0.2) is 24.3 Å². The Labute approximate surface area is 132 Å². The maximum atomic E-state index is 11.1. The lowest BCUT2D eigenvalue weighted by molar-refractivity contribution is -0.140. The molecule has 5 nitrogen and oxygen atoms in total. The number of nitrogens with zero attached hydrogens (tertiary/aromatic N) is 2. The van der Waals surface area contributed by atoms with Gasteiger partial charge in [0, 0.05) is 44.7 Å². The minimum absolute atomic E-state index is 0.116. The highest BCUT2D eigenvalue weighted by Crippen LogP contribution is 2.19. The summed E-state index contributed by atoms with van der Waals surface area (Å²) >= 11 is 0. The first-order valence-corrected chi connectivity index (χ1v) is 7.86. The standard InChI is InChI=1S/C17H26N2O3/c1-21-16-7-4-3-6-15(16)14-19-12-10-18(11-13-19)9-5-8-17(20)22-2/h3-4,6-7H,5,8-14H2,1-2H3. The SMILES string of the molecule is COC(=O)CCCN1CCN(Cc2ccccc2OC)CC1. The summed E-state index contributed by atoms with van der Waals surface area (Å²) in [4.78, 5) is 16.0. The van der Waals surface area contributed by atoms with Crippen molar-refractivity contribution in [2.75, 3.05) is 46.9 Å². The summed E-state index contributed by atoms with van der Waals surface area (Å²) in [6, 6.07) is 8.20. The van der Waals surface area contributed by atoms with E-state index in [2.05, 4.69) is 26.7 Å². The van der Waals surface area contributed by atoms with Crippen LogP contribution in [-0.4, -0.2) is 62.7 Å². The van der Waals surface area contributed by atoms with E-state index < -0.39 is 0 Å². The Bertz CT molecular complexity index is 471. The number of para-hydroxylation sites is 1. The highest BCUT2D eigenvalue weighted by atomic mass is 16.5. The molecule has 0 aromatic heterocycles. The number of hydrogen-bond donors (Lipinski definition) is 0. The molecule has 1 aromatic carbocycles. The van der Waals surface area contributed by atoms with E-state index in [1.165, 1.54) is 12.7 Å². The van der Waals surface area contributed by atoms with Crippen LogP contribution in [0.25, 0.3) is 0 Å². The number of ether oxygens (including phenoxy) is 2. The molecule has 0 amide bonds. The summed E-state index contributed by atoms with van der Waals surface area (Å²) in [5.41, 5.74) is 1.24. The van der Waals surface area contributed by atoms with Gasteiger partial charge in [0.25, 0.3) is 0 Å². The number of piperazine rings is 1. The predicted octanol–water partition coefficient (Wildman–Crippen LogP) is 1.77. The molecule has 0 saturated carbocycles. The first-order chi connectivity index (χ1) is 10.7. The van der Waals surface area contributed by atoms with Gasteiger partial charge in [-0.25, -0.2) is 0 Å². The average molecular weight is 306 g/mol. The molecule has 22 heavy (non-hydrogen) atoms. The molecule has 1 fully saturated rings. The first kappa shape index (κ1) is 16.8. The van der Waals surface area contributed by atoms with E-state index in [0.717, 1.165) is 51.4 Å². The van der Waals surface area contributed by atoms with Gasteiger partial charge in [-0.1, -0.05) is 18.2 Å². The van der Waals surface area contributed by atoms with Crippen LogP contribution in [0.2, 0.25) is 0 Å². The number of hydrogen-bond acceptors (Lipinski definition) is 5. The monoisotopic (exact) mass is 306 g/mol. The van der Waals surface area contributed by atoms with Gasteiger partial charge >= 0.3 is 5.97 Å². The molecular weight excluding hydrogens is 280 g/mol. The Morgan fingerprint density at radius 1 is 1.09 bits per heavy atom. The number of carbonyl (C=O) groups is 1. The average Bonchev–Trinajstić information content (AvgIpc) is 2.56. The number of methoxy groups -OCH3 is 2. The van der Waals surface area contributed by atoms with E-state index in [4.69, 9.17) is 4.74 Å².